The van der Waals surface area contributed by atoms with Crippen LogP contribution in [-0.4, -0.2) is 22.1 Å². The van der Waals surface area contributed by atoms with Gasteiger partial charge in [-0.15, -0.1) is 0 Å². The van der Waals surface area contributed by atoms with Gasteiger partial charge in [0.1, 0.15) is 11.5 Å². The van der Waals surface area contributed by atoms with E-state index >= 15 is 0 Å². The van der Waals surface area contributed by atoms with Crippen molar-refractivity contribution in [3.8, 4) is 0 Å². The van der Waals surface area contributed by atoms with Gasteiger partial charge in [0.15, 0.2) is 5.82 Å². The number of rotatable bonds is 3. The van der Waals surface area contributed by atoms with Crippen molar-refractivity contribution in [3.05, 3.63) is 65.7 Å². The zero-order chi connectivity index (χ0) is 17.4. The summed E-state index contributed by atoms with van der Waals surface area (Å²) in [6.07, 6.45) is 2.48. The van der Waals surface area contributed by atoms with Gasteiger partial charge in [0.2, 0.25) is 0 Å². The summed E-state index contributed by atoms with van der Waals surface area (Å²) in [6, 6.07) is 13.4. The van der Waals surface area contributed by atoms with E-state index < -0.39 is 0 Å². The maximum Gasteiger partial charge on any atom is 0.277 e. The molecule has 0 radical (unpaired) electrons. The Morgan fingerprint density at radius 1 is 1.28 bits per heavy atom. The van der Waals surface area contributed by atoms with E-state index in [9.17, 15) is 4.79 Å². The maximum atomic E-state index is 13.0. The van der Waals surface area contributed by atoms with Crippen molar-refractivity contribution in [1.29, 1.82) is 0 Å². The third kappa shape index (κ3) is 2.87. The van der Waals surface area contributed by atoms with Crippen LogP contribution in [0.5, 0.6) is 0 Å². The van der Waals surface area contributed by atoms with Gasteiger partial charge < -0.3 is 14.7 Å². The highest BCUT2D eigenvalue weighted by atomic mass is 16.5. The summed E-state index contributed by atoms with van der Waals surface area (Å²) in [5.41, 5.74) is 3.29. The number of nitrogens with one attached hydrogen (secondary N) is 1. The number of carbonyl (C=O) groups excluding carboxylic acids is 1. The quantitative estimate of drug-likeness (QED) is 0.790. The van der Waals surface area contributed by atoms with Crippen LogP contribution < -0.4 is 10.2 Å². The number of hydrogen-bond acceptors (Lipinski definition) is 5. The minimum absolute atomic E-state index is 0.0996. The Kier molecular flexibility index (Phi) is 3.72. The number of para-hydroxylation sites is 1. The largest absolute Gasteiger partial charge is 0.360 e. The molecule has 0 bridgehead atoms. The first kappa shape index (κ1) is 15.4. The van der Waals surface area contributed by atoms with Crippen LogP contribution in [0.15, 0.2) is 53.2 Å². The summed E-state index contributed by atoms with van der Waals surface area (Å²) in [6.45, 7) is 3.88. The molecule has 1 N–H and O–H groups in total. The first-order valence-corrected chi connectivity index (χ1v) is 8.19. The Hall–Kier alpha value is -3.15. The molecule has 4 rings (SSSR count). The number of anilines is 3. The molecule has 1 unspecified atom stereocenters. The van der Waals surface area contributed by atoms with Crippen LogP contribution in [0.3, 0.4) is 0 Å². The first-order valence-electron chi connectivity index (χ1n) is 8.19. The highest BCUT2D eigenvalue weighted by Gasteiger charge is 2.31. The summed E-state index contributed by atoms with van der Waals surface area (Å²) in [7, 11) is 0. The lowest BCUT2D eigenvalue weighted by atomic mass is 10.1. The second-order valence-corrected chi connectivity index (χ2v) is 6.23. The minimum Gasteiger partial charge on any atom is -0.360 e. The SMILES string of the molecule is Cc1cc(Nc2ccnc(C(=O)N3c4ccccc4CC3C)c2)no1. The summed E-state index contributed by atoms with van der Waals surface area (Å²) in [5.74, 6) is 1.22. The van der Waals surface area contributed by atoms with E-state index in [1.165, 1.54) is 5.56 Å². The third-order valence-corrected chi connectivity index (χ3v) is 4.31. The van der Waals surface area contributed by atoms with E-state index in [0.717, 1.165) is 23.6 Å². The number of hydrogen-bond donors (Lipinski definition) is 1. The topological polar surface area (TPSA) is 71.3 Å². The first-order chi connectivity index (χ1) is 12.1. The minimum atomic E-state index is -0.0996. The number of amides is 1. The van der Waals surface area contributed by atoms with E-state index in [0.29, 0.717) is 11.5 Å². The Balaban J connectivity index is 1.61. The smallest absolute Gasteiger partial charge is 0.277 e. The molecule has 1 aromatic carbocycles. The molecule has 3 heterocycles. The van der Waals surface area contributed by atoms with Crippen molar-refractivity contribution in [2.75, 3.05) is 10.2 Å². The molecule has 0 saturated heterocycles. The highest BCUT2D eigenvalue weighted by Crippen LogP contribution is 2.33. The number of aryl methyl sites for hydroxylation is 1. The summed E-state index contributed by atoms with van der Waals surface area (Å²) in [5, 5.41) is 7.03. The standard InChI is InChI=1S/C19H18N4O2/c1-12-9-14-5-3-4-6-17(14)23(12)19(24)16-11-15(7-8-20-16)21-18-10-13(2)25-22-18/h3-8,10-12H,9H2,1-2H3,(H,20,21,22). The van der Waals surface area contributed by atoms with Crippen molar-refractivity contribution < 1.29 is 9.32 Å². The van der Waals surface area contributed by atoms with Crippen LogP contribution in [0, 0.1) is 6.92 Å². The monoisotopic (exact) mass is 334 g/mol. The van der Waals surface area contributed by atoms with Crippen LogP contribution in [0.4, 0.5) is 17.2 Å². The van der Waals surface area contributed by atoms with Gasteiger partial charge in [-0.3, -0.25) is 9.78 Å². The summed E-state index contributed by atoms with van der Waals surface area (Å²) in [4.78, 5) is 19.1. The Labute approximate surface area is 145 Å². The second-order valence-electron chi connectivity index (χ2n) is 6.23. The summed E-state index contributed by atoms with van der Waals surface area (Å²) >= 11 is 0. The molecule has 126 valence electrons. The Morgan fingerprint density at radius 3 is 2.92 bits per heavy atom. The van der Waals surface area contributed by atoms with Gasteiger partial charge >= 0.3 is 0 Å². The fraction of sp³-hybridized carbons (Fsp3) is 0.211. The second kappa shape index (κ2) is 6.05. The average molecular weight is 334 g/mol. The number of benzene rings is 1. The molecule has 2 aromatic heterocycles. The van der Waals surface area contributed by atoms with Crippen molar-refractivity contribution in [3.63, 3.8) is 0 Å². The van der Waals surface area contributed by atoms with Gasteiger partial charge in [0.05, 0.1) is 0 Å². The molecular formula is C19H18N4O2. The van der Waals surface area contributed by atoms with E-state index in [4.69, 9.17) is 4.52 Å². The number of nitrogens with zero attached hydrogens (tertiary/aromatic N) is 3. The van der Waals surface area contributed by atoms with Crippen LogP contribution in [0.1, 0.15) is 28.7 Å². The van der Waals surface area contributed by atoms with Crippen molar-refractivity contribution in [1.82, 2.24) is 10.1 Å². The van der Waals surface area contributed by atoms with Crippen molar-refractivity contribution in [2.24, 2.45) is 0 Å². The van der Waals surface area contributed by atoms with Gasteiger partial charge in [-0.2, -0.15) is 0 Å². The lowest BCUT2D eigenvalue weighted by Gasteiger charge is -2.22. The fourth-order valence-electron chi connectivity index (χ4n) is 3.20. The molecule has 6 heteroatoms. The molecule has 3 aromatic rings. The predicted octanol–water partition coefficient (Wildman–Crippen LogP) is 3.71. The van der Waals surface area contributed by atoms with Crippen molar-refractivity contribution >= 4 is 23.1 Å². The van der Waals surface area contributed by atoms with E-state index in [2.05, 4.69) is 28.4 Å². The number of carbonyl (C=O) groups is 1. The fourth-order valence-corrected chi connectivity index (χ4v) is 3.20. The molecule has 0 fully saturated rings. The molecule has 1 atom stereocenters. The molecule has 1 aliphatic heterocycles. The van der Waals surface area contributed by atoms with E-state index in [1.807, 2.05) is 30.0 Å². The highest BCUT2D eigenvalue weighted by molar-refractivity contribution is 6.07. The van der Waals surface area contributed by atoms with E-state index in [-0.39, 0.29) is 11.9 Å². The van der Waals surface area contributed by atoms with Gasteiger partial charge in [0.25, 0.3) is 5.91 Å². The zero-order valence-electron chi connectivity index (χ0n) is 14.1. The molecular weight excluding hydrogens is 316 g/mol. The lowest BCUT2D eigenvalue weighted by molar-refractivity contribution is 0.0976. The maximum absolute atomic E-state index is 13.0. The Morgan fingerprint density at radius 2 is 2.12 bits per heavy atom. The molecule has 25 heavy (non-hydrogen) atoms. The van der Waals surface area contributed by atoms with Gasteiger partial charge in [-0.25, -0.2) is 0 Å². The van der Waals surface area contributed by atoms with Gasteiger partial charge in [-0.1, -0.05) is 23.4 Å². The zero-order valence-corrected chi connectivity index (χ0v) is 14.1. The van der Waals surface area contributed by atoms with Gasteiger partial charge in [-0.05, 0) is 44.0 Å². The average Bonchev–Trinajstić information content (AvgIpc) is 3.16. The molecule has 1 aliphatic rings. The van der Waals surface area contributed by atoms with Crippen LogP contribution in [0.25, 0.3) is 0 Å². The predicted molar refractivity (Wildman–Crippen MR) is 95.2 cm³/mol. The molecule has 0 saturated carbocycles. The molecule has 0 spiro atoms. The number of aromatic nitrogens is 2. The van der Waals surface area contributed by atoms with Crippen LogP contribution in [0.2, 0.25) is 0 Å². The van der Waals surface area contributed by atoms with Crippen LogP contribution in [-0.2, 0) is 6.42 Å². The third-order valence-electron chi connectivity index (χ3n) is 4.31. The number of pyridine rings is 1. The lowest BCUT2D eigenvalue weighted by Crippen LogP contribution is -2.36. The van der Waals surface area contributed by atoms with Crippen molar-refractivity contribution in [2.45, 2.75) is 26.3 Å². The molecule has 0 aliphatic carbocycles. The molecule has 1 amide bonds. The van der Waals surface area contributed by atoms with Crippen LogP contribution >= 0.6 is 0 Å². The normalized spacial score (nSPS) is 15.9. The Bertz CT molecular complexity index is 934. The van der Waals surface area contributed by atoms with E-state index in [1.54, 1.807) is 24.4 Å². The molecule has 6 nitrogen and oxygen atoms in total. The van der Waals surface area contributed by atoms with Gasteiger partial charge in [0, 0.05) is 29.7 Å². The number of fused-ring (bicyclic) bond motifs is 1. The summed E-state index contributed by atoms with van der Waals surface area (Å²) < 4.78 is 5.05.